The van der Waals surface area contributed by atoms with E-state index in [-0.39, 0.29) is 6.61 Å². The van der Waals surface area contributed by atoms with E-state index < -0.39 is 24.2 Å². The second-order valence-electron chi connectivity index (χ2n) is 18.4. The van der Waals surface area contributed by atoms with Gasteiger partial charge in [0.1, 0.15) is 6.10 Å². The van der Waals surface area contributed by atoms with Crippen molar-refractivity contribution < 1.29 is 20.1 Å². The van der Waals surface area contributed by atoms with Gasteiger partial charge in [-0.2, -0.15) is 0 Å². The van der Waals surface area contributed by atoms with Crippen LogP contribution in [0.1, 0.15) is 290 Å². The molecule has 0 fully saturated rings. The molecule has 0 heterocycles. The SMILES string of the molecule is CCCCCCCCCCCCC/C=C/C(O)C(CO)NC(=O)C(O)CCCCCCCCCCCCCCCCCC/C=C\CCCCCCCCCCCCCC. The highest BCUT2D eigenvalue weighted by Gasteiger charge is 2.22. The minimum Gasteiger partial charge on any atom is -0.394 e. The van der Waals surface area contributed by atoms with E-state index in [1.165, 1.54) is 238 Å². The molecule has 3 atom stereocenters. The summed E-state index contributed by atoms with van der Waals surface area (Å²) in [6.07, 6.45) is 62.6. The van der Waals surface area contributed by atoms with Crippen LogP contribution in [0.3, 0.4) is 0 Å². The van der Waals surface area contributed by atoms with Crippen LogP contribution in [-0.2, 0) is 4.79 Å². The van der Waals surface area contributed by atoms with Crippen molar-refractivity contribution in [1.82, 2.24) is 5.32 Å². The lowest BCUT2D eigenvalue weighted by molar-refractivity contribution is -0.131. The molecule has 5 nitrogen and oxygen atoms in total. The summed E-state index contributed by atoms with van der Waals surface area (Å²) in [6.45, 7) is 4.20. The van der Waals surface area contributed by atoms with Gasteiger partial charge in [0.2, 0.25) is 5.91 Å². The van der Waals surface area contributed by atoms with E-state index in [0.29, 0.717) is 6.42 Å². The van der Waals surface area contributed by atoms with E-state index in [1.54, 1.807) is 6.08 Å². The Morgan fingerprint density at radius 1 is 0.407 bits per heavy atom. The number of carbonyl (C=O) groups excluding carboxylic acids is 1. The fourth-order valence-corrected chi connectivity index (χ4v) is 8.36. The summed E-state index contributed by atoms with van der Waals surface area (Å²) in [5.41, 5.74) is 0. The van der Waals surface area contributed by atoms with Crippen molar-refractivity contribution in [3.8, 4) is 0 Å². The molecule has 350 valence electrons. The summed E-state index contributed by atoms with van der Waals surface area (Å²) >= 11 is 0. The van der Waals surface area contributed by atoms with E-state index in [1.807, 2.05) is 6.08 Å². The molecule has 0 aliphatic heterocycles. The van der Waals surface area contributed by atoms with Crippen molar-refractivity contribution >= 4 is 5.91 Å². The van der Waals surface area contributed by atoms with Crippen molar-refractivity contribution in [1.29, 1.82) is 0 Å². The summed E-state index contributed by atoms with van der Waals surface area (Å²) in [4.78, 5) is 12.5. The van der Waals surface area contributed by atoms with Crippen LogP contribution >= 0.6 is 0 Å². The van der Waals surface area contributed by atoms with Crippen LogP contribution in [0.25, 0.3) is 0 Å². The molecule has 0 aromatic rings. The number of hydrogen-bond donors (Lipinski definition) is 4. The first-order valence-electron chi connectivity index (χ1n) is 26.7. The van der Waals surface area contributed by atoms with Gasteiger partial charge in [-0.05, 0) is 44.9 Å². The smallest absolute Gasteiger partial charge is 0.249 e. The van der Waals surface area contributed by atoms with Gasteiger partial charge in [0, 0.05) is 0 Å². The molecule has 0 spiro atoms. The molecule has 0 aromatic carbocycles. The Kier molecular flexibility index (Phi) is 48.5. The molecule has 0 saturated carbocycles. The van der Waals surface area contributed by atoms with Crippen LogP contribution in [-0.4, -0.2) is 46.1 Å². The number of carbonyl (C=O) groups is 1. The highest BCUT2D eigenvalue weighted by atomic mass is 16.3. The highest BCUT2D eigenvalue weighted by molar-refractivity contribution is 5.80. The maximum atomic E-state index is 12.5. The molecule has 0 rings (SSSR count). The fraction of sp³-hybridized carbons (Fsp3) is 0.907. The quantitative estimate of drug-likeness (QED) is 0.0363. The first-order chi connectivity index (χ1) is 29.1. The van der Waals surface area contributed by atoms with Gasteiger partial charge < -0.3 is 20.6 Å². The number of rotatable bonds is 49. The average Bonchev–Trinajstić information content (AvgIpc) is 3.24. The number of unbranched alkanes of at least 4 members (excludes halogenated alkanes) is 39. The Balaban J connectivity index is 3.50. The summed E-state index contributed by atoms with van der Waals surface area (Å²) in [5, 5.41) is 33.2. The Hall–Kier alpha value is -1.17. The second-order valence-corrected chi connectivity index (χ2v) is 18.4. The number of allylic oxidation sites excluding steroid dienone is 3. The van der Waals surface area contributed by atoms with Gasteiger partial charge >= 0.3 is 0 Å². The zero-order valence-electron chi connectivity index (χ0n) is 39.9. The number of amides is 1. The lowest BCUT2D eigenvalue weighted by atomic mass is 10.0. The molecule has 0 aliphatic carbocycles. The predicted octanol–water partition coefficient (Wildman–Crippen LogP) is 16.1. The maximum Gasteiger partial charge on any atom is 0.249 e. The molecule has 0 saturated heterocycles. The second kappa shape index (κ2) is 49.5. The average molecular weight is 832 g/mol. The molecule has 4 N–H and O–H groups in total. The Labute approximate surface area is 369 Å². The molecule has 0 bridgehead atoms. The van der Waals surface area contributed by atoms with E-state index in [9.17, 15) is 20.1 Å². The van der Waals surface area contributed by atoms with E-state index in [2.05, 4.69) is 31.3 Å². The molecule has 59 heavy (non-hydrogen) atoms. The third kappa shape index (κ3) is 44.7. The largest absolute Gasteiger partial charge is 0.394 e. The van der Waals surface area contributed by atoms with Crippen molar-refractivity contribution in [2.75, 3.05) is 6.61 Å². The number of aliphatic hydroxyl groups excluding tert-OH is 3. The van der Waals surface area contributed by atoms with Crippen molar-refractivity contribution in [2.24, 2.45) is 0 Å². The highest BCUT2D eigenvalue weighted by Crippen LogP contribution is 2.17. The standard InChI is InChI=1S/C54H105NO4/c1-3-5-7-9-11-13-15-17-18-19-20-21-22-23-24-25-26-27-28-29-30-31-32-33-34-35-37-39-41-43-45-47-49-53(58)54(59)55-51(50-56)52(57)48-46-44-42-40-38-36-16-14-12-10-8-6-4-2/h23-24,46,48,51-53,56-58H,3-22,25-45,47,49-50H2,1-2H3,(H,55,59)/b24-23-,48-46+. The topological polar surface area (TPSA) is 89.8 Å². The molecular weight excluding hydrogens is 727 g/mol. The van der Waals surface area contributed by atoms with Gasteiger partial charge in [-0.15, -0.1) is 0 Å². The van der Waals surface area contributed by atoms with Gasteiger partial charge in [-0.25, -0.2) is 0 Å². The van der Waals surface area contributed by atoms with E-state index >= 15 is 0 Å². The van der Waals surface area contributed by atoms with Gasteiger partial charge in [-0.1, -0.05) is 269 Å². The maximum absolute atomic E-state index is 12.5. The predicted molar refractivity (Wildman–Crippen MR) is 259 cm³/mol. The molecule has 0 aromatic heterocycles. The zero-order chi connectivity index (χ0) is 43.0. The van der Waals surface area contributed by atoms with E-state index in [0.717, 1.165) is 32.1 Å². The van der Waals surface area contributed by atoms with Crippen LogP contribution < -0.4 is 5.32 Å². The first-order valence-corrected chi connectivity index (χ1v) is 26.7. The lowest BCUT2D eigenvalue weighted by Crippen LogP contribution is -2.48. The van der Waals surface area contributed by atoms with Crippen molar-refractivity contribution in [3.05, 3.63) is 24.3 Å². The third-order valence-corrected chi connectivity index (χ3v) is 12.5. The minimum absolute atomic E-state index is 0.361. The van der Waals surface area contributed by atoms with Crippen molar-refractivity contribution in [3.63, 3.8) is 0 Å². The van der Waals surface area contributed by atoms with Gasteiger partial charge in [0.15, 0.2) is 0 Å². The Morgan fingerprint density at radius 2 is 0.678 bits per heavy atom. The zero-order valence-corrected chi connectivity index (χ0v) is 39.9. The van der Waals surface area contributed by atoms with Gasteiger partial charge in [0.05, 0.1) is 18.8 Å². The van der Waals surface area contributed by atoms with Gasteiger partial charge in [-0.3, -0.25) is 4.79 Å². The Bertz CT molecular complexity index is 874. The molecular formula is C54H105NO4. The molecule has 3 unspecified atom stereocenters. The van der Waals surface area contributed by atoms with Gasteiger partial charge in [0.25, 0.3) is 0 Å². The number of hydrogen-bond acceptors (Lipinski definition) is 4. The fourth-order valence-electron chi connectivity index (χ4n) is 8.36. The first kappa shape index (κ1) is 57.8. The summed E-state index contributed by atoms with van der Waals surface area (Å²) in [6, 6.07) is -0.794. The molecule has 0 aliphatic rings. The summed E-state index contributed by atoms with van der Waals surface area (Å²) < 4.78 is 0. The van der Waals surface area contributed by atoms with Crippen LogP contribution in [0.4, 0.5) is 0 Å². The number of aliphatic hydroxyl groups is 3. The van der Waals surface area contributed by atoms with Crippen molar-refractivity contribution in [2.45, 2.75) is 308 Å². The van der Waals surface area contributed by atoms with Crippen LogP contribution in [0, 0.1) is 0 Å². The summed E-state index contributed by atoms with van der Waals surface area (Å²) in [5.74, 6) is -0.500. The Morgan fingerprint density at radius 3 is 0.983 bits per heavy atom. The minimum atomic E-state index is -1.09. The molecule has 0 radical (unpaired) electrons. The molecule has 5 heteroatoms. The summed E-state index contributed by atoms with van der Waals surface area (Å²) in [7, 11) is 0. The van der Waals surface area contributed by atoms with Crippen LogP contribution in [0.2, 0.25) is 0 Å². The van der Waals surface area contributed by atoms with E-state index in [4.69, 9.17) is 0 Å². The third-order valence-electron chi connectivity index (χ3n) is 12.5. The van der Waals surface area contributed by atoms with Crippen LogP contribution in [0.5, 0.6) is 0 Å². The lowest BCUT2D eigenvalue weighted by Gasteiger charge is -2.21. The normalized spacial score (nSPS) is 13.5. The number of nitrogens with one attached hydrogen (secondary N) is 1. The van der Waals surface area contributed by atoms with Crippen LogP contribution in [0.15, 0.2) is 24.3 Å². The monoisotopic (exact) mass is 832 g/mol. The molecule has 1 amide bonds.